The largest absolute Gasteiger partial charge is 1.00 e. The number of hydrogen-bond acceptors (Lipinski definition) is 2. The molecule has 0 spiro atoms. The molecule has 0 amide bonds. The maximum atomic E-state index is 13.3. The van der Waals surface area contributed by atoms with Crippen molar-refractivity contribution in [1.82, 2.24) is 0 Å². The van der Waals surface area contributed by atoms with Gasteiger partial charge in [-0.25, -0.2) is 4.58 Å². The SMILES string of the molecule is CC(C)[N+](=COP(=O)(C(C)(C)C)C(C)(C)C)C(C)C.[Cl-]. The fourth-order valence-corrected chi connectivity index (χ4v) is 5.17. The molecule has 0 atom stereocenters. The summed E-state index contributed by atoms with van der Waals surface area (Å²) in [6.07, 6.45) is 1.69. The third kappa shape index (κ3) is 5.07. The van der Waals surface area contributed by atoms with Crippen molar-refractivity contribution in [1.29, 1.82) is 0 Å². The monoisotopic (exact) mass is 325 g/mol. The highest BCUT2D eigenvalue weighted by Crippen LogP contribution is 2.67. The molecule has 0 radical (unpaired) electrons. The van der Waals surface area contributed by atoms with E-state index in [0.717, 1.165) is 0 Å². The number of nitrogens with zero attached hydrogens (tertiary/aromatic N) is 1. The zero-order valence-corrected chi connectivity index (χ0v) is 16.5. The van der Waals surface area contributed by atoms with Crippen molar-refractivity contribution in [2.45, 2.75) is 91.6 Å². The summed E-state index contributed by atoms with van der Waals surface area (Å²) in [6.45, 7) is 20.4. The van der Waals surface area contributed by atoms with Crippen molar-refractivity contribution < 1.29 is 26.1 Å². The van der Waals surface area contributed by atoms with Crippen LogP contribution in [0.15, 0.2) is 0 Å². The number of hydrogen-bond donors (Lipinski definition) is 0. The molecule has 0 heterocycles. The maximum absolute atomic E-state index is 13.3. The highest BCUT2D eigenvalue weighted by Gasteiger charge is 2.49. The molecule has 0 bridgehead atoms. The van der Waals surface area contributed by atoms with Gasteiger partial charge in [-0.2, -0.15) is 0 Å². The van der Waals surface area contributed by atoms with E-state index in [1.54, 1.807) is 6.40 Å². The van der Waals surface area contributed by atoms with Crippen molar-refractivity contribution in [3.05, 3.63) is 0 Å². The highest BCUT2D eigenvalue weighted by atomic mass is 35.5. The predicted octanol–water partition coefficient (Wildman–Crippen LogP) is 1.74. The summed E-state index contributed by atoms with van der Waals surface area (Å²) in [5.41, 5.74) is 0. The Bertz CT molecular complexity index is 348. The summed E-state index contributed by atoms with van der Waals surface area (Å²) in [6, 6.07) is 0.654. The average molecular weight is 326 g/mol. The summed E-state index contributed by atoms with van der Waals surface area (Å²) < 4.78 is 21.3. The van der Waals surface area contributed by atoms with E-state index in [0.29, 0.717) is 12.1 Å². The number of rotatable bonds is 4. The minimum atomic E-state index is -2.82. The molecule has 0 aliphatic heterocycles. The van der Waals surface area contributed by atoms with Gasteiger partial charge in [-0.1, -0.05) is 41.5 Å². The lowest BCUT2D eigenvalue weighted by Crippen LogP contribution is -3.00. The Morgan fingerprint density at radius 1 is 0.900 bits per heavy atom. The van der Waals surface area contributed by atoms with Crippen LogP contribution in [0.2, 0.25) is 0 Å². The minimum absolute atomic E-state index is 0. The molecule has 122 valence electrons. The van der Waals surface area contributed by atoms with Gasteiger partial charge in [0.1, 0.15) is 0 Å². The lowest BCUT2D eigenvalue weighted by molar-refractivity contribution is -0.588. The molecular formula is C15H33ClNO2P. The first-order valence-corrected chi connectivity index (χ1v) is 8.76. The summed E-state index contributed by atoms with van der Waals surface area (Å²) in [5.74, 6) is 0. The lowest BCUT2D eigenvalue weighted by Gasteiger charge is -2.38. The van der Waals surface area contributed by atoms with Gasteiger partial charge in [-0.15, -0.1) is 0 Å². The van der Waals surface area contributed by atoms with E-state index in [1.165, 1.54) is 0 Å². The first-order chi connectivity index (χ1) is 8.24. The molecule has 0 aromatic rings. The van der Waals surface area contributed by atoms with Gasteiger partial charge in [0.05, 0.1) is 0 Å². The van der Waals surface area contributed by atoms with E-state index < -0.39 is 7.37 Å². The molecule has 0 fully saturated rings. The van der Waals surface area contributed by atoms with Crippen molar-refractivity contribution in [2.24, 2.45) is 0 Å². The second kappa shape index (κ2) is 7.31. The molecule has 0 saturated carbocycles. The van der Waals surface area contributed by atoms with Crippen molar-refractivity contribution >= 4 is 13.8 Å². The van der Waals surface area contributed by atoms with E-state index in [2.05, 4.69) is 32.3 Å². The molecule has 0 unspecified atom stereocenters. The van der Waals surface area contributed by atoms with Crippen molar-refractivity contribution in [3.63, 3.8) is 0 Å². The molecular weight excluding hydrogens is 293 g/mol. The van der Waals surface area contributed by atoms with Gasteiger partial charge in [0.2, 0.25) is 0 Å². The highest BCUT2D eigenvalue weighted by molar-refractivity contribution is 7.62. The van der Waals surface area contributed by atoms with Crippen LogP contribution >= 0.6 is 7.37 Å². The van der Waals surface area contributed by atoms with E-state index in [-0.39, 0.29) is 22.7 Å². The maximum Gasteiger partial charge on any atom is 0.329 e. The Morgan fingerprint density at radius 3 is 1.40 bits per heavy atom. The van der Waals surface area contributed by atoms with Gasteiger partial charge < -0.3 is 16.9 Å². The van der Waals surface area contributed by atoms with Crippen molar-refractivity contribution in [2.75, 3.05) is 0 Å². The predicted molar refractivity (Wildman–Crippen MR) is 84.8 cm³/mol. The minimum Gasteiger partial charge on any atom is -1.00 e. The molecule has 0 aromatic heterocycles. The molecule has 0 rings (SSSR count). The van der Waals surface area contributed by atoms with E-state index in [1.807, 2.05) is 41.5 Å². The first-order valence-electron chi connectivity index (χ1n) is 7.13. The zero-order valence-electron chi connectivity index (χ0n) is 14.8. The third-order valence-electron chi connectivity index (χ3n) is 3.28. The van der Waals surface area contributed by atoms with Gasteiger partial charge in [0.25, 0.3) is 7.37 Å². The van der Waals surface area contributed by atoms with Gasteiger partial charge in [-0.05, 0) is 27.7 Å². The summed E-state index contributed by atoms with van der Waals surface area (Å²) >= 11 is 0. The van der Waals surface area contributed by atoms with Gasteiger partial charge in [0, 0.05) is 10.3 Å². The van der Waals surface area contributed by atoms with Crippen LogP contribution in [0.1, 0.15) is 69.2 Å². The van der Waals surface area contributed by atoms with E-state index in [4.69, 9.17) is 4.52 Å². The van der Waals surface area contributed by atoms with Crippen LogP contribution in [0, 0.1) is 0 Å². The normalized spacial score (nSPS) is 13.2. The van der Waals surface area contributed by atoms with Crippen LogP contribution in [0.25, 0.3) is 0 Å². The second-order valence-electron chi connectivity index (χ2n) is 7.74. The van der Waals surface area contributed by atoms with Crippen LogP contribution in [-0.2, 0) is 9.09 Å². The fourth-order valence-electron chi connectivity index (χ4n) is 2.28. The van der Waals surface area contributed by atoms with Gasteiger partial charge >= 0.3 is 6.40 Å². The van der Waals surface area contributed by atoms with Crippen LogP contribution in [0.3, 0.4) is 0 Å². The molecule has 0 aliphatic carbocycles. The number of halogens is 1. The quantitative estimate of drug-likeness (QED) is 0.341. The van der Waals surface area contributed by atoms with Gasteiger partial charge in [-0.3, -0.25) is 4.57 Å². The molecule has 0 aliphatic rings. The lowest BCUT2D eigenvalue weighted by atomic mass is 10.2. The Hall–Kier alpha value is -0.0100. The molecule has 0 aromatic carbocycles. The molecule has 20 heavy (non-hydrogen) atoms. The third-order valence-corrected chi connectivity index (χ3v) is 7.20. The van der Waals surface area contributed by atoms with Crippen LogP contribution in [-0.4, -0.2) is 33.4 Å². The van der Waals surface area contributed by atoms with E-state index >= 15 is 0 Å². The first kappa shape index (κ1) is 22.3. The average Bonchev–Trinajstić information content (AvgIpc) is 2.12. The smallest absolute Gasteiger partial charge is 0.329 e. The Balaban J connectivity index is 0. The van der Waals surface area contributed by atoms with Gasteiger partial charge in [0.15, 0.2) is 12.1 Å². The van der Waals surface area contributed by atoms with Crippen LogP contribution in [0.4, 0.5) is 0 Å². The summed E-state index contributed by atoms with van der Waals surface area (Å²) in [5, 5.41) is -0.747. The molecule has 5 heteroatoms. The topological polar surface area (TPSA) is 29.3 Å². The fraction of sp³-hybridized carbons (Fsp3) is 0.933. The van der Waals surface area contributed by atoms with Crippen LogP contribution in [0.5, 0.6) is 0 Å². The molecule has 0 saturated heterocycles. The van der Waals surface area contributed by atoms with Crippen molar-refractivity contribution in [3.8, 4) is 0 Å². The van der Waals surface area contributed by atoms with E-state index in [9.17, 15) is 4.57 Å². The standard InChI is InChI=1S/C15H33NO2P.ClH/c1-12(2)16(13(3)4)11-18-19(17,14(5,6)7)15(8,9)10;/h11-13H,1-10H3;1H/q+1;/p-1. The second-order valence-corrected chi connectivity index (χ2v) is 11.7. The zero-order chi connectivity index (χ0) is 15.6. The Morgan fingerprint density at radius 2 is 1.20 bits per heavy atom. The summed E-state index contributed by atoms with van der Waals surface area (Å²) in [7, 11) is -2.82. The molecule has 0 N–H and O–H groups in total. The Labute approximate surface area is 132 Å². The van der Waals surface area contributed by atoms with Crippen LogP contribution < -0.4 is 12.4 Å². The summed E-state index contributed by atoms with van der Waals surface area (Å²) in [4.78, 5) is 0. The Kier molecular flexibility index (Phi) is 8.14. The molecule has 3 nitrogen and oxygen atoms in total.